The molecule has 0 aliphatic heterocycles. The van der Waals surface area contributed by atoms with Gasteiger partial charge in [0.2, 0.25) is 11.8 Å². The maximum Gasteiger partial charge on any atom is 0.421 e. The molecule has 0 aliphatic rings. The maximum absolute atomic E-state index is 12.8. The minimum absolute atomic E-state index is 0.595. The second kappa shape index (κ2) is 7.60. The summed E-state index contributed by atoms with van der Waals surface area (Å²) in [7, 11) is 0. The second-order valence-electron chi connectivity index (χ2n) is 4.83. The Labute approximate surface area is 146 Å². The maximum atomic E-state index is 12.8. The molecule has 0 fully saturated rings. The predicted octanol–water partition coefficient (Wildman–Crippen LogP) is 3.42. The summed E-state index contributed by atoms with van der Waals surface area (Å²) in [4.78, 5) is 29.7. The van der Waals surface area contributed by atoms with Crippen LogP contribution in [0.2, 0.25) is 0 Å². The second-order valence-corrected chi connectivity index (χ2v) is 4.83. The minimum Gasteiger partial charge on any atom is -0.406 e. The molecule has 2 rings (SSSR count). The molecule has 12 heteroatoms. The van der Waals surface area contributed by atoms with E-state index in [1.54, 1.807) is 0 Å². The van der Waals surface area contributed by atoms with E-state index in [-0.39, 0.29) is 0 Å². The standard InChI is InChI=1S/C15H8F6N2O4/c16-14(17,18)8-3-1-5-22-12(8)26-10(24)7-11(25)27-13-9(15(19,20)21)4-2-6-23-13/h1-6H,7H2. The van der Waals surface area contributed by atoms with E-state index in [0.29, 0.717) is 12.1 Å². The molecule has 0 bridgehead atoms. The SMILES string of the molecule is O=C(CC(=O)Oc1ncccc1C(F)(F)F)Oc1ncccc1C(F)(F)F. The normalized spacial score (nSPS) is 11.8. The first-order valence-corrected chi connectivity index (χ1v) is 6.94. The van der Waals surface area contributed by atoms with Gasteiger partial charge in [-0.15, -0.1) is 0 Å². The molecule has 0 N–H and O–H groups in total. The summed E-state index contributed by atoms with van der Waals surface area (Å²) in [5, 5.41) is 0. The Bertz CT molecular complexity index is 781. The van der Waals surface area contributed by atoms with Crippen LogP contribution >= 0.6 is 0 Å². The third-order valence-electron chi connectivity index (χ3n) is 2.86. The van der Waals surface area contributed by atoms with Crippen LogP contribution in [0.3, 0.4) is 0 Å². The molecule has 0 saturated carbocycles. The lowest BCUT2D eigenvalue weighted by atomic mass is 10.2. The number of aromatic nitrogens is 2. The monoisotopic (exact) mass is 394 g/mol. The van der Waals surface area contributed by atoms with Crippen LogP contribution in [-0.2, 0) is 21.9 Å². The topological polar surface area (TPSA) is 78.4 Å². The average molecular weight is 394 g/mol. The highest BCUT2D eigenvalue weighted by atomic mass is 19.4. The zero-order chi connectivity index (χ0) is 20.2. The molecule has 0 radical (unpaired) electrons. The molecule has 2 heterocycles. The Kier molecular flexibility index (Phi) is 5.66. The minimum atomic E-state index is -4.88. The molecule has 2 aromatic rings. The van der Waals surface area contributed by atoms with Crippen LogP contribution in [0.1, 0.15) is 17.5 Å². The number of halogens is 6. The van der Waals surface area contributed by atoms with Gasteiger partial charge in [0, 0.05) is 12.4 Å². The van der Waals surface area contributed by atoms with Gasteiger partial charge in [0.05, 0.1) is 0 Å². The molecular weight excluding hydrogens is 386 g/mol. The largest absolute Gasteiger partial charge is 0.421 e. The summed E-state index contributed by atoms with van der Waals surface area (Å²) < 4.78 is 85.3. The van der Waals surface area contributed by atoms with Crippen LogP contribution in [0.15, 0.2) is 36.7 Å². The number of ether oxygens (including phenoxy) is 2. The Hall–Kier alpha value is -3.18. The van der Waals surface area contributed by atoms with Gasteiger partial charge in [0.15, 0.2) is 0 Å². The third kappa shape index (κ3) is 5.39. The Morgan fingerprint density at radius 1 is 0.778 bits per heavy atom. The summed E-state index contributed by atoms with van der Waals surface area (Å²) in [6, 6.07) is 3.09. The van der Waals surface area contributed by atoms with Crippen molar-refractivity contribution >= 4 is 11.9 Å². The van der Waals surface area contributed by atoms with Crippen molar-refractivity contribution in [3.8, 4) is 11.8 Å². The number of esters is 2. The van der Waals surface area contributed by atoms with E-state index < -0.39 is 53.6 Å². The molecule has 6 nitrogen and oxygen atoms in total. The number of carbonyl (C=O) groups excluding carboxylic acids is 2. The lowest BCUT2D eigenvalue weighted by molar-refractivity contribution is -0.147. The summed E-state index contributed by atoms with van der Waals surface area (Å²) in [5.41, 5.74) is -2.73. The molecule has 0 atom stereocenters. The van der Waals surface area contributed by atoms with E-state index in [1.807, 2.05) is 0 Å². The number of pyridine rings is 2. The van der Waals surface area contributed by atoms with Gasteiger partial charge < -0.3 is 9.47 Å². The van der Waals surface area contributed by atoms with Crippen LogP contribution in [0.5, 0.6) is 11.8 Å². The molecule has 0 saturated heterocycles. The van der Waals surface area contributed by atoms with Crippen molar-refractivity contribution in [3.63, 3.8) is 0 Å². The number of rotatable bonds is 4. The van der Waals surface area contributed by atoms with Crippen molar-refractivity contribution in [3.05, 3.63) is 47.8 Å². The van der Waals surface area contributed by atoms with E-state index in [4.69, 9.17) is 0 Å². The van der Waals surface area contributed by atoms with Crippen molar-refractivity contribution < 1.29 is 45.4 Å². The predicted molar refractivity (Wildman–Crippen MR) is 74.4 cm³/mol. The highest BCUT2D eigenvalue weighted by molar-refractivity contribution is 5.93. The van der Waals surface area contributed by atoms with Gasteiger partial charge in [0.1, 0.15) is 17.5 Å². The molecule has 0 aromatic carbocycles. The van der Waals surface area contributed by atoms with Crippen LogP contribution in [0.25, 0.3) is 0 Å². The van der Waals surface area contributed by atoms with Gasteiger partial charge >= 0.3 is 24.3 Å². The number of alkyl halides is 6. The van der Waals surface area contributed by atoms with Gasteiger partial charge in [0.25, 0.3) is 0 Å². The summed E-state index contributed by atoms with van der Waals surface area (Å²) in [6.07, 6.45) is -9.18. The first kappa shape index (κ1) is 20.1. The van der Waals surface area contributed by atoms with E-state index in [2.05, 4.69) is 19.4 Å². The quantitative estimate of drug-likeness (QED) is 0.449. The van der Waals surface area contributed by atoms with Gasteiger partial charge in [-0.3, -0.25) is 9.59 Å². The lowest BCUT2D eigenvalue weighted by Gasteiger charge is -2.12. The summed E-state index contributed by atoms with van der Waals surface area (Å²) in [6.45, 7) is 0. The fourth-order valence-corrected chi connectivity index (χ4v) is 1.78. The first-order valence-electron chi connectivity index (χ1n) is 6.94. The highest BCUT2D eigenvalue weighted by Crippen LogP contribution is 2.35. The zero-order valence-corrected chi connectivity index (χ0v) is 13.0. The fraction of sp³-hybridized carbons (Fsp3) is 0.200. The Balaban J connectivity index is 2.07. The van der Waals surface area contributed by atoms with Gasteiger partial charge in [-0.1, -0.05) is 0 Å². The van der Waals surface area contributed by atoms with Gasteiger partial charge in [-0.25, -0.2) is 9.97 Å². The van der Waals surface area contributed by atoms with Crippen molar-refractivity contribution in [1.29, 1.82) is 0 Å². The molecule has 0 aliphatic carbocycles. The third-order valence-corrected chi connectivity index (χ3v) is 2.86. The van der Waals surface area contributed by atoms with Crippen molar-refractivity contribution in [2.75, 3.05) is 0 Å². The van der Waals surface area contributed by atoms with Crippen LogP contribution in [0.4, 0.5) is 26.3 Å². The van der Waals surface area contributed by atoms with E-state index >= 15 is 0 Å². The number of hydrogen-bond acceptors (Lipinski definition) is 6. The van der Waals surface area contributed by atoms with Gasteiger partial charge in [-0.2, -0.15) is 26.3 Å². The molecule has 0 amide bonds. The average Bonchev–Trinajstić information content (AvgIpc) is 2.53. The summed E-state index contributed by atoms with van der Waals surface area (Å²) >= 11 is 0. The number of nitrogens with zero attached hydrogens (tertiary/aromatic N) is 2. The van der Waals surface area contributed by atoms with Crippen molar-refractivity contribution in [1.82, 2.24) is 9.97 Å². The van der Waals surface area contributed by atoms with Crippen LogP contribution < -0.4 is 9.47 Å². The smallest absolute Gasteiger partial charge is 0.406 e. The van der Waals surface area contributed by atoms with Gasteiger partial charge in [-0.05, 0) is 24.3 Å². The van der Waals surface area contributed by atoms with Crippen LogP contribution in [0, 0.1) is 0 Å². The molecule has 0 spiro atoms. The fourth-order valence-electron chi connectivity index (χ4n) is 1.78. The molecule has 144 valence electrons. The highest BCUT2D eigenvalue weighted by Gasteiger charge is 2.37. The summed E-state index contributed by atoms with van der Waals surface area (Å²) in [5.74, 6) is -5.21. The lowest BCUT2D eigenvalue weighted by Crippen LogP contribution is -2.21. The Morgan fingerprint density at radius 2 is 1.15 bits per heavy atom. The molecule has 0 unspecified atom stereocenters. The van der Waals surface area contributed by atoms with Crippen molar-refractivity contribution in [2.45, 2.75) is 18.8 Å². The van der Waals surface area contributed by atoms with E-state index in [9.17, 15) is 35.9 Å². The van der Waals surface area contributed by atoms with E-state index in [0.717, 1.165) is 24.5 Å². The first-order chi connectivity index (χ1) is 12.5. The molecule has 27 heavy (non-hydrogen) atoms. The van der Waals surface area contributed by atoms with E-state index in [1.165, 1.54) is 0 Å². The molecular formula is C15H8F6N2O4. The Morgan fingerprint density at radius 3 is 1.48 bits per heavy atom. The zero-order valence-electron chi connectivity index (χ0n) is 13.0. The molecule has 2 aromatic heterocycles. The number of hydrogen-bond donors (Lipinski definition) is 0. The van der Waals surface area contributed by atoms with Crippen LogP contribution in [-0.4, -0.2) is 21.9 Å². The number of carbonyl (C=O) groups is 2. The van der Waals surface area contributed by atoms with Crippen molar-refractivity contribution in [2.24, 2.45) is 0 Å².